The van der Waals surface area contributed by atoms with Crippen molar-refractivity contribution >= 4 is 10.8 Å². The summed E-state index contributed by atoms with van der Waals surface area (Å²) in [6.07, 6.45) is 5.77. The molecule has 0 saturated heterocycles. The first-order chi connectivity index (χ1) is 7.20. The van der Waals surface area contributed by atoms with Gasteiger partial charge in [-0.15, -0.1) is 0 Å². The molecule has 92 valence electrons. The molecule has 3 heteroatoms. The summed E-state index contributed by atoms with van der Waals surface area (Å²) in [5, 5.41) is 3.47. The number of rotatable bonds is 10. The van der Waals surface area contributed by atoms with E-state index in [1.807, 2.05) is 0 Å². The molecule has 0 aliphatic rings. The van der Waals surface area contributed by atoms with Crippen LogP contribution in [0.2, 0.25) is 0 Å². The normalized spacial score (nSPS) is 15.1. The van der Waals surface area contributed by atoms with Crippen molar-refractivity contribution in [1.82, 2.24) is 5.32 Å². The van der Waals surface area contributed by atoms with Gasteiger partial charge in [-0.3, -0.25) is 4.21 Å². The molecule has 2 atom stereocenters. The van der Waals surface area contributed by atoms with Crippen molar-refractivity contribution < 1.29 is 4.21 Å². The molecular weight excluding hydrogens is 206 g/mol. The molecule has 0 aromatic carbocycles. The van der Waals surface area contributed by atoms with Crippen LogP contribution in [0.4, 0.5) is 0 Å². The maximum absolute atomic E-state index is 11.4. The standard InChI is InChI=1S/C12H27NOS/c1-4-9-13-12(3)8-6-7-11-15(14)10-5-2/h12-13H,4-11H2,1-3H3. The minimum atomic E-state index is -0.561. The van der Waals surface area contributed by atoms with Gasteiger partial charge >= 0.3 is 0 Å². The lowest BCUT2D eigenvalue weighted by atomic mass is 10.1. The number of unbranched alkanes of at least 4 members (excludes halogenated alkanes) is 1. The molecule has 0 rings (SSSR count). The predicted octanol–water partition coefficient (Wildman–Crippen LogP) is 2.70. The number of hydrogen-bond acceptors (Lipinski definition) is 2. The van der Waals surface area contributed by atoms with Crippen molar-refractivity contribution in [2.75, 3.05) is 18.1 Å². The third-order valence-electron chi connectivity index (χ3n) is 2.43. The Morgan fingerprint density at radius 1 is 1.13 bits per heavy atom. The van der Waals surface area contributed by atoms with Gasteiger partial charge in [-0.25, -0.2) is 0 Å². The molecule has 2 unspecified atom stereocenters. The lowest BCUT2D eigenvalue weighted by Crippen LogP contribution is -2.26. The first-order valence-corrected chi connectivity index (χ1v) is 7.77. The zero-order valence-corrected chi connectivity index (χ0v) is 11.4. The van der Waals surface area contributed by atoms with E-state index in [0.29, 0.717) is 6.04 Å². The van der Waals surface area contributed by atoms with Crippen LogP contribution in [0.25, 0.3) is 0 Å². The number of hydrogen-bond donors (Lipinski definition) is 1. The molecule has 0 aromatic rings. The molecular formula is C12H27NOS. The Morgan fingerprint density at radius 2 is 1.87 bits per heavy atom. The van der Waals surface area contributed by atoms with E-state index in [1.165, 1.54) is 19.3 Å². The van der Waals surface area contributed by atoms with Crippen molar-refractivity contribution in [2.24, 2.45) is 0 Å². The van der Waals surface area contributed by atoms with E-state index < -0.39 is 10.8 Å². The van der Waals surface area contributed by atoms with Crippen LogP contribution < -0.4 is 5.32 Å². The van der Waals surface area contributed by atoms with Gasteiger partial charge in [0.05, 0.1) is 0 Å². The second kappa shape index (κ2) is 10.6. The van der Waals surface area contributed by atoms with Crippen molar-refractivity contribution in [3.05, 3.63) is 0 Å². The quantitative estimate of drug-likeness (QED) is 0.588. The second-order valence-corrected chi connectivity index (χ2v) is 5.90. The van der Waals surface area contributed by atoms with Crippen molar-refractivity contribution in [3.8, 4) is 0 Å². The summed E-state index contributed by atoms with van der Waals surface area (Å²) in [7, 11) is -0.561. The van der Waals surface area contributed by atoms with Gasteiger partial charge in [0, 0.05) is 28.3 Å². The summed E-state index contributed by atoms with van der Waals surface area (Å²) < 4.78 is 11.4. The largest absolute Gasteiger partial charge is 0.314 e. The van der Waals surface area contributed by atoms with Crippen LogP contribution >= 0.6 is 0 Å². The molecule has 0 heterocycles. The highest BCUT2D eigenvalue weighted by atomic mass is 32.2. The summed E-state index contributed by atoms with van der Waals surface area (Å²) in [6.45, 7) is 7.63. The first-order valence-electron chi connectivity index (χ1n) is 6.29. The van der Waals surface area contributed by atoms with Crippen LogP contribution in [-0.4, -0.2) is 28.3 Å². The highest BCUT2D eigenvalue weighted by Crippen LogP contribution is 2.02. The first kappa shape index (κ1) is 15.1. The van der Waals surface area contributed by atoms with Gasteiger partial charge in [-0.2, -0.15) is 0 Å². The molecule has 0 bridgehead atoms. The van der Waals surface area contributed by atoms with Gasteiger partial charge < -0.3 is 5.32 Å². The van der Waals surface area contributed by atoms with Gasteiger partial charge in [-0.1, -0.05) is 20.3 Å². The Morgan fingerprint density at radius 3 is 2.47 bits per heavy atom. The summed E-state index contributed by atoms with van der Waals surface area (Å²) in [4.78, 5) is 0. The lowest BCUT2D eigenvalue weighted by Gasteiger charge is -2.12. The van der Waals surface area contributed by atoms with E-state index in [2.05, 4.69) is 26.1 Å². The predicted molar refractivity (Wildman–Crippen MR) is 69.8 cm³/mol. The molecule has 0 aliphatic heterocycles. The fraction of sp³-hybridized carbons (Fsp3) is 1.00. The van der Waals surface area contributed by atoms with Crippen molar-refractivity contribution in [2.45, 2.75) is 58.9 Å². The summed E-state index contributed by atoms with van der Waals surface area (Å²) >= 11 is 0. The molecule has 0 saturated carbocycles. The maximum atomic E-state index is 11.4. The average Bonchev–Trinajstić information content (AvgIpc) is 2.22. The highest BCUT2D eigenvalue weighted by molar-refractivity contribution is 7.84. The van der Waals surface area contributed by atoms with Crippen molar-refractivity contribution in [3.63, 3.8) is 0 Å². The molecule has 15 heavy (non-hydrogen) atoms. The average molecular weight is 233 g/mol. The molecule has 1 N–H and O–H groups in total. The fourth-order valence-electron chi connectivity index (χ4n) is 1.54. The third-order valence-corrected chi connectivity index (χ3v) is 4.04. The van der Waals surface area contributed by atoms with E-state index in [0.717, 1.165) is 30.9 Å². The lowest BCUT2D eigenvalue weighted by molar-refractivity contribution is 0.495. The van der Waals surface area contributed by atoms with Gasteiger partial charge in [0.2, 0.25) is 0 Å². The second-order valence-electron chi connectivity index (χ2n) is 4.20. The smallest absolute Gasteiger partial charge is 0.0234 e. The SMILES string of the molecule is CCCNC(C)CCCCS(=O)CCC. The van der Waals surface area contributed by atoms with Crippen LogP contribution in [0.1, 0.15) is 52.9 Å². The molecule has 0 aromatic heterocycles. The molecule has 0 fully saturated rings. The van der Waals surface area contributed by atoms with E-state index >= 15 is 0 Å². The Kier molecular flexibility index (Phi) is 10.7. The van der Waals surface area contributed by atoms with Gasteiger partial charge in [-0.05, 0) is 39.2 Å². The monoisotopic (exact) mass is 233 g/mol. The Bertz CT molecular complexity index is 162. The fourth-order valence-corrected chi connectivity index (χ4v) is 2.72. The molecule has 0 spiro atoms. The minimum Gasteiger partial charge on any atom is -0.314 e. The minimum absolute atomic E-state index is 0.561. The molecule has 0 amide bonds. The Hall–Kier alpha value is 0.110. The van der Waals surface area contributed by atoms with Crippen LogP contribution in [0.5, 0.6) is 0 Å². The zero-order chi connectivity index (χ0) is 11.5. The summed E-state index contributed by atoms with van der Waals surface area (Å²) in [6, 6.07) is 0.615. The third kappa shape index (κ3) is 10.4. The topological polar surface area (TPSA) is 29.1 Å². The van der Waals surface area contributed by atoms with Crippen LogP contribution in [0.3, 0.4) is 0 Å². The van der Waals surface area contributed by atoms with E-state index in [1.54, 1.807) is 0 Å². The Balaban J connectivity index is 3.26. The van der Waals surface area contributed by atoms with Crippen LogP contribution in [0.15, 0.2) is 0 Å². The van der Waals surface area contributed by atoms with Crippen LogP contribution in [0, 0.1) is 0 Å². The zero-order valence-electron chi connectivity index (χ0n) is 10.6. The summed E-state index contributed by atoms with van der Waals surface area (Å²) in [5.74, 6) is 1.78. The highest BCUT2D eigenvalue weighted by Gasteiger charge is 2.01. The van der Waals surface area contributed by atoms with Crippen molar-refractivity contribution in [1.29, 1.82) is 0 Å². The summed E-state index contributed by atoms with van der Waals surface area (Å²) in [5.41, 5.74) is 0. The van der Waals surface area contributed by atoms with Crippen LogP contribution in [-0.2, 0) is 10.8 Å². The Labute approximate surface area is 97.7 Å². The maximum Gasteiger partial charge on any atom is 0.0234 e. The van der Waals surface area contributed by atoms with E-state index in [4.69, 9.17) is 0 Å². The van der Waals surface area contributed by atoms with E-state index in [9.17, 15) is 4.21 Å². The molecule has 2 nitrogen and oxygen atoms in total. The molecule has 0 radical (unpaired) electrons. The molecule has 0 aliphatic carbocycles. The number of nitrogens with one attached hydrogen (secondary N) is 1. The van der Waals surface area contributed by atoms with Gasteiger partial charge in [0.1, 0.15) is 0 Å². The van der Waals surface area contributed by atoms with Gasteiger partial charge in [0.25, 0.3) is 0 Å². The van der Waals surface area contributed by atoms with E-state index in [-0.39, 0.29) is 0 Å². The van der Waals surface area contributed by atoms with Gasteiger partial charge in [0.15, 0.2) is 0 Å².